The van der Waals surface area contributed by atoms with Crippen molar-refractivity contribution in [2.75, 3.05) is 24.5 Å². The molecule has 9 heteroatoms. The van der Waals surface area contributed by atoms with E-state index in [1.807, 2.05) is 44.2 Å². The number of ether oxygens (including phenoxy) is 1. The Morgan fingerprint density at radius 2 is 1.58 bits per heavy atom. The third-order valence-electron chi connectivity index (χ3n) is 6.16. The Hall–Kier alpha value is -3.85. The number of anilines is 1. The second-order valence-electron chi connectivity index (χ2n) is 9.00. The van der Waals surface area contributed by atoms with Crippen LogP contribution < -0.4 is 14.4 Å². The molecule has 0 saturated heterocycles. The minimum Gasteiger partial charge on any atom is -0.497 e. The first-order valence-electron chi connectivity index (χ1n) is 12.5. The molecule has 0 aromatic heterocycles. The zero-order valence-corrected chi connectivity index (χ0v) is 23.1. The molecule has 0 fully saturated rings. The van der Waals surface area contributed by atoms with Crippen LogP contribution in [-0.2, 0) is 26.2 Å². The highest BCUT2D eigenvalue weighted by Gasteiger charge is 2.32. The van der Waals surface area contributed by atoms with E-state index in [0.29, 0.717) is 18.0 Å². The summed E-state index contributed by atoms with van der Waals surface area (Å²) in [7, 11) is -2.59. The molecule has 1 atom stereocenters. The first-order chi connectivity index (χ1) is 18.2. The number of rotatable bonds is 12. The van der Waals surface area contributed by atoms with E-state index in [1.54, 1.807) is 43.3 Å². The van der Waals surface area contributed by atoms with E-state index in [4.69, 9.17) is 4.74 Å². The number of amides is 2. The molecule has 3 aromatic carbocycles. The molecule has 0 aliphatic heterocycles. The first-order valence-corrected chi connectivity index (χ1v) is 14.0. The van der Waals surface area contributed by atoms with Crippen molar-refractivity contribution in [1.29, 1.82) is 0 Å². The number of carbonyl (C=O) groups is 2. The fraction of sp³-hybridized carbons (Fsp3) is 0.310. The van der Waals surface area contributed by atoms with Crippen molar-refractivity contribution < 1.29 is 22.7 Å². The lowest BCUT2D eigenvalue weighted by Gasteiger charge is -2.32. The van der Waals surface area contributed by atoms with Gasteiger partial charge < -0.3 is 15.0 Å². The van der Waals surface area contributed by atoms with Gasteiger partial charge >= 0.3 is 0 Å². The highest BCUT2D eigenvalue weighted by molar-refractivity contribution is 7.92. The summed E-state index contributed by atoms with van der Waals surface area (Å²) in [5.74, 6) is -0.243. The molecule has 0 radical (unpaired) electrons. The van der Waals surface area contributed by atoms with Gasteiger partial charge in [-0.3, -0.25) is 13.9 Å². The summed E-state index contributed by atoms with van der Waals surface area (Å²) >= 11 is 0. The molecule has 202 valence electrons. The van der Waals surface area contributed by atoms with Crippen molar-refractivity contribution in [2.24, 2.45) is 0 Å². The molecule has 2 amide bonds. The van der Waals surface area contributed by atoms with E-state index < -0.39 is 28.5 Å². The van der Waals surface area contributed by atoms with Crippen molar-refractivity contribution in [1.82, 2.24) is 10.2 Å². The molecule has 1 unspecified atom stereocenters. The van der Waals surface area contributed by atoms with Gasteiger partial charge in [-0.2, -0.15) is 0 Å². The van der Waals surface area contributed by atoms with Crippen LogP contribution in [0.1, 0.15) is 31.4 Å². The number of nitrogens with one attached hydrogen (secondary N) is 1. The summed E-state index contributed by atoms with van der Waals surface area (Å²) in [6.07, 6.45) is 0.755. The van der Waals surface area contributed by atoms with Gasteiger partial charge in [0.2, 0.25) is 11.8 Å². The Balaban J connectivity index is 2.00. The monoisotopic (exact) mass is 537 g/mol. The lowest BCUT2D eigenvalue weighted by atomic mass is 10.1. The topological polar surface area (TPSA) is 96.0 Å². The Morgan fingerprint density at radius 3 is 2.16 bits per heavy atom. The number of benzene rings is 3. The predicted molar refractivity (Wildman–Crippen MR) is 148 cm³/mol. The van der Waals surface area contributed by atoms with Crippen LogP contribution in [-0.4, -0.2) is 51.4 Å². The maximum absolute atomic E-state index is 13.8. The summed E-state index contributed by atoms with van der Waals surface area (Å²) in [4.78, 5) is 28.2. The molecular formula is C29H35N3O5S. The normalized spacial score (nSPS) is 11.9. The minimum absolute atomic E-state index is 0.0649. The van der Waals surface area contributed by atoms with Crippen LogP contribution in [0.3, 0.4) is 0 Å². The van der Waals surface area contributed by atoms with Crippen LogP contribution in [0.15, 0.2) is 83.8 Å². The van der Waals surface area contributed by atoms with E-state index in [2.05, 4.69) is 5.32 Å². The van der Waals surface area contributed by atoms with Crippen LogP contribution in [0.2, 0.25) is 0 Å². The fourth-order valence-corrected chi connectivity index (χ4v) is 5.29. The molecule has 8 nitrogen and oxygen atoms in total. The van der Waals surface area contributed by atoms with Crippen molar-refractivity contribution in [3.05, 3.63) is 90.0 Å². The van der Waals surface area contributed by atoms with Crippen LogP contribution in [0, 0.1) is 6.92 Å². The predicted octanol–water partition coefficient (Wildman–Crippen LogP) is 4.14. The lowest BCUT2D eigenvalue weighted by Crippen LogP contribution is -2.51. The van der Waals surface area contributed by atoms with Gasteiger partial charge in [-0.1, -0.05) is 55.0 Å². The summed E-state index contributed by atoms with van der Waals surface area (Å²) in [6, 6.07) is 21.4. The quantitative estimate of drug-likeness (QED) is 0.375. The van der Waals surface area contributed by atoms with Gasteiger partial charge in [0.05, 0.1) is 17.7 Å². The lowest BCUT2D eigenvalue weighted by molar-refractivity contribution is -0.139. The van der Waals surface area contributed by atoms with Crippen LogP contribution in [0.5, 0.6) is 5.75 Å². The summed E-state index contributed by atoms with van der Waals surface area (Å²) < 4.78 is 33.9. The summed E-state index contributed by atoms with van der Waals surface area (Å²) in [5.41, 5.74) is 2.05. The smallest absolute Gasteiger partial charge is 0.264 e. The van der Waals surface area contributed by atoms with Crippen LogP contribution in [0.25, 0.3) is 0 Å². The van der Waals surface area contributed by atoms with Gasteiger partial charge in [0.25, 0.3) is 10.0 Å². The number of carbonyl (C=O) groups excluding carboxylic acids is 2. The number of sulfonamides is 1. The molecule has 3 rings (SSSR count). The van der Waals surface area contributed by atoms with E-state index in [1.165, 1.54) is 24.1 Å². The highest BCUT2D eigenvalue weighted by atomic mass is 32.2. The molecule has 0 spiro atoms. The first kappa shape index (κ1) is 28.7. The maximum atomic E-state index is 13.8. The van der Waals surface area contributed by atoms with Gasteiger partial charge in [0.1, 0.15) is 18.3 Å². The number of hydrogen-bond acceptors (Lipinski definition) is 5. The Bertz CT molecular complexity index is 1310. The maximum Gasteiger partial charge on any atom is 0.264 e. The zero-order chi connectivity index (χ0) is 27.7. The van der Waals surface area contributed by atoms with E-state index >= 15 is 0 Å². The molecule has 0 aliphatic rings. The third-order valence-corrected chi connectivity index (χ3v) is 7.95. The SMILES string of the molecule is CCCNC(=O)C(C)N(Cc1ccccc1)C(=O)CN(c1ccc(OC)cc1)S(=O)(=O)c1ccc(C)cc1. The van der Waals surface area contributed by atoms with Gasteiger partial charge in [-0.05, 0) is 62.2 Å². The van der Waals surface area contributed by atoms with Crippen molar-refractivity contribution in [2.45, 2.75) is 44.7 Å². The summed E-state index contributed by atoms with van der Waals surface area (Å²) in [6.45, 7) is 5.62. The van der Waals surface area contributed by atoms with Gasteiger partial charge in [-0.25, -0.2) is 8.42 Å². The molecule has 0 bridgehead atoms. The van der Waals surface area contributed by atoms with Crippen molar-refractivity contribution >= 4 is 27.5 Å². The Labute approximate surface area is 225 Å². The van der Waals surface area contributed by atoms with Gasteiger partial charge in [0, 0.05) is 13.1 Å². The van der Waals surface area contributed by atoms with E-state index in [0.717, 1.165) is 21.9 Å². The minimum atomic E-state index is -4.11. The standard InChI is InChI=1S/C29H35N3O5S/c1-5-19-30-29(34)23(3)31(20-24-9-7-6-8-10-24)28(33)21-32(25-13-15-26(37-4)16-14-25)38(35,36)27-17-11-22(2)12-18-27/h6-18,23H,5,19-21H2,1-4H3,(H,30,34). The highest BCUT2D eigenvalue weighted by Crippen LogP contribution is 2.26. The molecule has 0 saturated carbocycles. The van der Waals surface area contributed by atoms with Crippen molar-refractivity contribution in [3.8, 4) is 5.75 Å². The molecular weight excluding hydrogens is 502 g/mol. The number of hydrogen-bond donors (Lipinski definition) is 1. The largest absolute Gasteiger partial charge is 0.497 e. The summed E-state index contributed by atoms with van der Waals surface area (Å²) in [5, 5.41) is 2.83. The second-order valence-corrected chi connectivity index (χ2v) is 10.9. The number of nitrogens with zero attached hydrogens (tertiary/aromatic N) is 2. The third kappa shape index (κ3) is 7.13. The molecule has 0 aliphatic carbocycles. The Kier molecular flexibility index (Phi) is 9.90. The number of methoxy groups -OCH3 is 1. The molecule has 0 heterocycles. The van der Waals surface area contributed by atoms with Crippen LogP contribution in [0.4, 0.5) is 5.69 Å². The fourth-order valence-electron chi connectivity index (χ4n) is 3.87. The van der Waals surface area contributed by atoms with E-state index in [-0.39, 0.29) is 17.3 Å². The Morgan fingerprint density at radius 1 is 0.947 bits per heavy atom. The van der Waals surface area contributed by atoms with Gasteiger partial charge in [0.15, 0.2) is 0 Å². The molecule has 3 aromatic rings. The average molecular weight is 538 g/mol. The second kappa shape index (κ2) is 13.1. The van der Waals surface area contributed by atoms with Crippen molar-refractivity contribution in [3.63, 3.8) is 0 Å². The molecule has 1 N–H and O–H groups in total. The average Bonchev–Trinajstić information content (AvgIpc) is 2.93. The van der Waals surface area contributed by atoms with Gasteiger partial charge in [-0.15, -0.1) is 0 Å². The van der Waals surface area contributed by atoms with Crippen LogP contribution >= 0.6 is 0 Å². The van der Waals surface area contributed by atoms with E-state index in [9.17, 15) is 18.0 Å². The number of aryl methyl sites for hydroxylation is 1. The zero-order valence-electron chi connectivity index (χ0n) is 22.3. The molecule has 38 heavy (non-hydrogen) atoms.